The zero-order valence-electron chi connectivity index (χ0n) is 9.95. The van der Waals surface area contributed by atoms with E-state index in [4.69, 9.17) is 22.4 Å². The topological polar surface area (TPSA) is 75.3 Å². The molecular formula is C13H9BrClFN2O2. The number of carboxylic acids is 1. The van der Waals surface area contributed by atoms with Gasteiger partial charge >= 0.3 is 5.97 Å². The Morgan fingerprint density at radius 2 is 2.05 bits per heavy atom. The Morgan fingerprint density at radius 3 is 2.65 bits per heavy atom. The molecule has 0 fully saturated rings. The van der Waals surface area contributed by atoms with Crippen molar-refractivity contribution in [2.45, 2.75) is 0 Å². The second-order valence-corrected chi connectivity index (χ2v) is 5.20. The maximum absolute atomic E-state index is 13.3. The highest BCUT2D eigenvalue weighted by atomic mass is 79.9. The summed E-state index contributed by atoms with van der Waals surface area (Å²) in [7, 11) is 0. The highest BCUT2D eigenvalue weighted by Gasteiger charge is 2.17. The first-order chi connectivity index (χ1) is 9.40. The molecule has 4 N–H and O–H groups in total. The van der Waals surface area contributed by atoms with E-state index in [-0.39, 0.29) is 11.3 Å². The summed E-state index contributed by atoms with van der Waals surface area (Å²) in [5.41, 5.74) is 5.54. The minimum atomic E-state index is -1.31. The third-order valence-electron chi connectivity index (χ3n) is 2.60. The molecule has 0 amide bonds. The first-order valence-electron chi connectivity index (χ1n) is 5.43. The lowest BCUT2D eigenvalue weighted by Crippen LogP contribution is -2.08. The van der Waals surface area contributed by atoms with Crippen LogP contribution in [0.1, 0.15) is 10.4 Å². The Morgan fingerprint density at radius 1 is 1.35 bits per heavy atom. The number of nitrogens with two attached hydrogens (primary N) is 1. The van der Waals surface area contributed by atoms with E-state index in [1.807, 2.05) is 0 Å². The van der Waals surface area contributed by atoms with E-state index in [2.05, 4.69) is 21.2 Å². The van der Waals surface area contributed by atoms with Crippen LogP contribution in [0.3, 0.4) is 0 Å². The average molecular weight is 360 g/mol. The van der Waals surface area contributed by atoms with Crippen LogP contribution in [0.25, 0.3) is 0 Å². The Labute approximate surface area is 127 Å². The summed E-state index contributed by atoms with van der Waals surface area (Å²) in [6.45, 7) is 0. The van der Waals surface area contributed by atoms with Gasteiger partial charge in [0.1, 0.15) is 11.4 Å². The lowest BCUT2D eigenvalue weighted by molar-refractivity contribution is 0.0698. The number of aromatic carboxylic acids is 1. The molecule has 0 aromatic heterocycles. The highest BCUT2D eigenvalue weighted by Crippen LogP contribution is 2.31. The molecule has 0 unspecified atom stereocenters. The quantitative estimate of drug-likeness (QED) is 0.716. The van der Waals surface area contributed by atoms with Crippen molar-refractivity contribution in [3.63, 3.8) is 0 Å². The molecule has 0 radical (unpaired) electrons. The smallest absolute Gasteiger partial charge is 0.340 e. The normalized spacial score (nSPS) is 10.3. The number of benzene rings is 2. The number of halogens is 3. The number of carbonyl (C=O) groups is 1. The van der Waals surface area contributed by atoms with Crippen LogP contribution in [0.15, 0.2) is 34.8 Å². The number of carboxylic acid groups (broad SMARTS) is 1. The van der Waals surface area contributed by atoms with Crippen molar-refractivity contribution < 1.29 is 14.3 Å². The number of hydrogen-bond acceptors (Lipinski definition) is 3. The second kappa shape index (κ2) is 5.68. The molecular weight excluding hydrogens is 351 g/mol. The van der Waals surface area contributed by atoms with Crippen LogP contribution in [-0.2, 0) is 0 Å². The van der Waals surface area contributed by atoms with Crippen molar-refractivity contribution in [2.24, 2.45) is 0 Å². The minimum absolute atomic E-state index is 0.200. The maximum atomic E-state index is 13.3. The van der Waals surface area contributed by atoms with E-state index in [9.17, 15) is 9.18 Å². The van der Waals surface area contributed by atoms with Crippen molar-refractivity contribution >= 4 is 50.6 Å². The SMILES string of the molecule is Nc1c(F)ccc(Nc2ccc(Cl)c(Br)c2)c1C(=O)O. The fourth-order valence-electron chi connectivity index (χ4n) is 1.66. The Hall–Kier alpha value is -1.79. The van der Waals surface area contributed by atoms with Gasteiger partial charge in [0.25, 0.3) is 0 Å². The van der Waals surface area contributed by atoms with Crippen LogP contribution in [0.2, 0.25) is 5.02 Å². The lowest BCUT2D eigenvalue weighted by Gasteiger charge is -2.12. The molecule has 0 saturated carbocycles. The van der Waals surface area contributed by atoms with Gasteiger partial charge in [-0.2, -0.15) is 0 Å². The molecule has 0 spiro atoms. The third-order valence-corrected chi connectivity index (χ3v) is 3.82. The standard InChI is InChI=1S/C13H9BrClFN2O2/c14-7-5-6(1-2-8(7)15)18-10-4-3-9(16)12(17)11(10)13(19)20/h1-5,18H,17H2,(H,19,20). The molecule has 7 heteroatoms. The van der Waals surface area contributed by atoms with Gasteiger partial charge in [0, 0.05) is 10.2 Å². The van der Waals surface area contributed by atoms with Crippen molar-refractivity contribution in [2.75, 3.05) is 11.1 Å². The van der Waals surface area contributed by atoms with Gasteiger partial charge in [0.05, 0.1) is 16.4 Å². The Bertz CT molecular complexity index is 694. The molecule has 0 bridgehead atoms. The Kier molecular flexibility index (Phi) is 4.15. The van der Waals surface area contributed by atoms with Crippen LogP contribution in [-0.4, -0.2) is 11.1 Å². The fraction of sp³-hybridized carbons (Fsp3) is 0. The molecule has 0 atom stereocenters. The molecule has 0 aliphatic carbocycles. The van der Waals surface area contributed by atoms with E-state index >= 15 is 0 Å². The Balaban J connectivity index is 2.45. The first-order valence-corrected chi connectivity index (χ1v) is 6.60. The van der Waals surface area contributed by atoms with Crippen molar-refractivity contribution in [1.82, 2.24) is 0 Å². The summed E-state index contributed by atoms with van der Waals surface area (Å²) in [5.74, 6) is -2.08. The van der Waals surface area contributed by atoms with Gasteiger partial charge in [-0.05, 0) is 46.3 Å². The van der Waals surface area contributed by atoms with Gasteiger partial charge in [-0.15, -0.1) is 0 Å². The summed E-state index contributed by atoms with van der Waals surface area (Å²) < 4.78 is 14.0. The summed E-state index contributed by atoms with van der Waals surface area (Å²) in [6.07, 6.45) is 0. The summed E-state index contributed by atoms with van der Waals surface area (Å²) in [5, 5.41) is 12.5. The third kappa shape index (κ3) is 2.86. The number of hydrogen-bond donors (Lipinski definition) is 3. The van der Waals surface area contributed by atoms with Crippen LogP contribution in [0, 0.1) is 5.82 Å². The highest BCUT2D eigenvalue weighted by molar-refractivity contribution is 9.10. The van der Waals surface area contributed by atoms with E-state index in [0.29, 0.717) is 15.2 Å². The molecule has 4 nitrogen and oxygen atoms in total. The number of nitrogen functional groups attached to an aromatic ring is 1. The van der Waals surface area contributed by atoms with Crippen molar-refractivity contribution in [3.8, 4) is 0 Å². The monoisotopic (exact) mass is 358 g/mol. The van der Waals surface area contributed by atoms with Gasteiger partial charge in [0.15, 0.2) is 0 Å². The molecule has 2 aromatic rings. The van der Waals surface area contributed by atoms with Gasteiger partial charge in [0.2, 0.25) is 0 Å². The molecule has 0 heterocycles. The van der Waals surface area contributed by atoms with Gasteiger partial charge < -0.3 is 16.2 Å². The predicted molar refractivity (Wildman–Crippen MR) is 80.2 cm³/mol. The van der Waals surface area contributed by atoms with Crippen molar-refractivity contribution in [1.29, 1.82) is 0 Å². The van der Waals surface area contributed by atoms with Gasteiger partial charge in [-0.3, -0.25) is 0 Å². The number of rotatable bonds is 3. The summed E-state index contributed by atoms with van der Waals surface area (Å²) >= 11 is 9.13. The van der Waals surface area contributed by atoms with E-state index in [1.165, 1.54) is 6.07 Å². The van der Waals surface area contributed by atoms with Crippen LogP contribution < -0.4 is 11.1 Å². The van der Waals surface area contributed by atoms with E-state index < -0.39 is 17.5 Å². The van der Waals surface area contributed by atoms with Crippen LogP contribution in [0.5, 0.6) is 0 Å². The minimum Gasteiger partial charge on any atom is -0.478 e. The van der Waals surface area contributed by atoms with E-state index in [0.717, 1.165) is 6.07 Å². The lowest BCUT2D eigenvalue weighted by atomic mass is 10.1. The molecule has 0 saturated heterocycles. The zero-order valence-corrected chi connectivity index (χ0v) is 12.3. The molecule has 20 heavy (non-hydrogen) atoms. The largest absolute Gasteiger partial charge is 0.478 e. The van der Waals surface area contributed by atoms with Crippen LogP contribution >= 0.6 is 27.5 Å². The first kappa shape index (κ1) is 14.6. The molecule has 104 valence electrons. The average Bonchev–Trinajstić information content (AvgIpc) is 2.38. The summed E-state index contributed by atoms with van der Waals surface area (Å²) in [4.78, 5) is 11.2. The molecule has 0 aliphatic rings. The zero-order chi connectivity index (χ0) is 14.9. The molecule has 2 aromatic carbocycles. The molecule has 0 aliphatic heterocycles. The van der Waals surface area contributed by atoms with Crippen LogP contribution in [0.4, 0.5) is 21.5 Å². The second-order valence-electron chi connectivity index (χ2n) is 3.94. The fourth-order valence-corrected chi connectivity index (χ4v) is 2.15. The van der Waals surface area contributed by atoms with Gasteiger partial charge in [-0.25, -0.2) is 9.18 Å². The molecule has 2 rings (SSSR count). The van der Waals surface area contributed by atoms with Crippen molar-refractivity contribution in [3.05, 3.63) is 51.2 Å². The van der Waals surface area contributed by atoms with Gasteiger partial charge in [-0.1, -0.05) is 11.6 Å². The summed E-state index contributed by atoms with van der Waals surface area (Å²) in [6, 6.07) is 7.40. The maximum Gasteiger partial charge on any atom is 0.340 e. The predicted octanol–water partition coefficient (Wildman–Crippen LogP) is 4.27. The number of anilines is 3. The number of nitrogens with one attached hydrogen (secondary N) is 1. The van der Waals surface area contributed by atoms with E-state index in [1.54, 1.807) is 18.2 Å².